The predicted molar refractivity (Wildman–Crippen MR) is 65.0 cm³/mol. The van der Waals surface area contributed by atoms with E-state index in [-0.39, 0.29) is 0 Å². The molecular formula is C12H13N3O2. The lowest BCUT2D eigenvalue weighted by molar-refractivity contribution is 0.112. The summed E-state index contributed by atoms with van der Waals surface area (Å²) in [6.07, 6.45) is 2.43. The van der Waals surface area contributed by atoms with E-state index in [9.17, 15) is 4.79 Å². The second-order valence-electron chi connectivity index (χ2n) is 3.64. The highest BCUT2D eigenvalue weighted by Gasteiger charge is 2.12. The fourth-order valence-corrected chi connectivity index (χ4v) is 1.67. The van der Waals surface area contributed by atoms with Crippen molar-refractivity contribution < 1.29 is 9.53 Å². The summed E-state index contributed by atoms with van der Waals surface area (Å²) in [6.45, 7) is 0. The number of aldehydes is 1. The summed E-state index contributed by atoms with van der Waals surface area (Å²) < 4.78 is 6.64. The first kappa shape index (κ1) is 11.2. The molecule has 0 fully saturated rings. The molecule has 0 saturated heterocycles. The zero-order chi connectivity index (χ0) is 12.4. The van der Waals surface area contributed by atoms with Crippen molar-refractivity contribution in [2.24, 2.45) is 7.05 Å². The summed E-state index contributed by atoms with van der Waals surface area (Å²) in [6, 6.07) is 5.26. The van der Waals surface area contributed by atoms with Crippen LogP contribution in [-0.2, 0) is 7.05 Å². The summed E-state index contributed by atoms with van der Waals surface area (Å²) in [7, 11) is 3.31. The zero-order valence-electron chi connectivity index (χ0n) is 9.68. The van der Waals surface area contributed by atoms with Crippen LogP contribution < -0.4 is 10.5 Å². The molecule has 0 saturated carbocycles. The topological polar surface area (TPSA) is 70.1 Å². The number of carbonyl (C=O) groups excluding carboxylic acids is 1. The van der Waals surface area contributed by atoms with Crippen LogP contribution in [0.3, 0.4) is 0 Å². The highest BCUT2D eigenvalue weighted by atomic mass is 16.5. The molecule has 1 aromatic heterocycles. The Morgan fingerprint density at radius 2 is 2.18 bits per heavy atom. The van der Waals surface area contributed by atoms with Gasteiger partial charge in [-0.2, -0.15) is 5.10 Å². The number of methoxy groups -OCH3 is 1. The van der Waals surface area contributed by atoms with Crippen molar-refractivity contribution in [2.75, 3.05) is 12.8 Å². The third kappa shape index (κ3) is 1.87. The zero-order valence-corrected chi connectivity index (χ0v) is 9.68. The van der Waals surface area contributed by atoms with Gasteiger partial charge in [-0.3, -0.25) is 9.48 Å². The van der Waals surface area contributed by atoms with E-state index >= 15 is 0 Å². The SMILES string of the molecule is COc1ccc(-c2cnn(C)c2N)c(C=O)c1. The van der Waals surface area contributed by atoms with Crippen LogP contribution in [0.25, 0.3) is 11.1 Å². The number of benzene rings is 1. The molecule has 88 valence electrons. The minimum absolute atomic E-state index is 0.526. The Morgan fingerprint density at radius 1 is 1.41 bits per heavy atom. The smallest absolute Gasteiger partial charge is 0.150 e. The number of aryl methyl sites for hydroxylation is 1. The molecule has 2 N–H and O–H groups in total. The molecule has 0 aliphatic carbocycles. The highest BCUT2D eigenvalue weighted by molar-refractivity contribution is 5.90. The van der Waals surface area contributed by atoms with Crippen LogP contribution in [0.5, 0.6) is 5.75 Å². The van der Waals surface area contributed by atoms with Gasteiger partial charge in [0.25, 0.3) is 0 Å². The molecular weight excluding hydrogens is 218 g/mol. The molecule has 5 nitrogen and oxygen atoms in total. The lowest BCUT2D eigenvalue weighted by Gasteiger charge is -2.06. The molecule has 1 heterocycles. The molecule has 2 rings (SSSR count). The molecule has 2 aromatic rings. The van der Waals surface area contributed by atoms with E-state index in [1.807, 2.05) is 0 Å². The van der Waals surface area contributed by atoms with Crippen molar-refractivity contribution in [3.05, 3.63) is 30.0 Å². The van der Waals surface area contributed by atoms with E-state index in [2.05, 4.69) is 5.10 Å². The molecule has 1 aromatic carbocycles. The predicted octanol–water partition coefficient (Wildman–Crippen LogP) is 1.49. The maximum atomic E-state index is 11.1. The van der Waals surface area contributed by atoms with Crippen molar-refractivity contribution in [1.29, 1.82) is 0 Å². The van der Waals surface area contributed by atoms with E-state index in [1.54, 1.807) is 43.2 Å². The van der Waals surface area contributed by atoms with E-state index in [0.29, 0.717) is 17.1 Å². The van der Waals surface area contributed by atoms with Gasteiger partial charge in [-0.05, 0) is 23.8 Å². The number of nitrogen functional groups attached to an aromatic ring is 1. The van der Waals surface area contributed by atoms with Gasteiger partial charge in [0, 0.05) is 18.2 Å². The Kier molecular flexibility index (Phi) is 2.82. The lowest BCUT2D eigenvalue weighted by Crippen LogP contribution is -1.99. The summed E-state index contributed by atoms with van der Waals surface area (Å²) in [5, 5.41) is 4.06. The van der Waals surface area contributed by atoms with Crippen LogP contribution in [-0.4, -0.2) is 23.2 Å². The standard InChI is InChI=1S/C12H13N3O2/c1-15-12(13)11(6-14-15)10-4-3-9(17-2)5-8(10)7-16/h3-7H,13H2,1-2H3. The molecule has 0 radical (unpaired) electrons. The van der Waals surface area contributed by atoms with Crippen LogP contribution in [0.2, 0.25) is 0 Å². The maximum absolute atomic E-state index is 11.1. The van der Waals surface area contributed by atoms with E-state index in [1.165, 1.54) is 0 Å². The number of anilines is 1. The Bertz CT molecular complexity index is 561. The number of hydrogen-bond donors (Lipinski definition) is 1. The average Bonchev–Trinajstić information content (AvgIpc) is 2.69. The molecule has 0 bridgehead atoms. The van der Waals surface area contributed by atoms with Gasteiger partial charge in [0.15, 0.2) is 6.29 Å². The molecule has 5 heteroatoms. The molecule has 0 aliphatic rings. The summed E-state index contributed by atoms with van der Waals surface area (Å²) in [4.78, 5) is 11.1. The molecule has 0 amide bonds. The monoisotopic (exact) mass is 231 g/mol. The fourth-order valence-electron chi connectivity index (χ4n) is 1.67. The Labute approximate surface area is 98.8 Å². The van der Waals surface area contributed by atoms with Gasteiger partial charge in [0.2, 0.25) is 0 Å². The summed E-state index contributed by atoms with van der Waals surface area (Å²) in [5.74, 6) is 1.16. The minimum Gasteiger partial charge on any atom is -0.497 e. The van der Waals surface area contributed by atoms with Crippen LogP contribution in [0.4, 0.5) is 5.82 Å². The van der Waals surface area contributed by atoms with Crippen molar-refractivity contribution in [2.45, 2.75) is 0 Å². The minimum atomic E-state index is 0.526. The molecule has 0 unspecified atom stereocenters. The lowest BCUT2D eigenvalue weighted by atomic mass is 10.0. The van der Waals surface area contributed by atoms with Crippen LogP contribution in [0, 0.1) is 0 Å². The second-order valence-corrected chi connectivity index (χ2v) is 3.64. The van der Waals surface area contributed by atoms with Crippen molar-refractivity contribution in [1.82, 2.24) is 9.78 Å². The molecule has 0 atom stereocenters. The van der Waals surface area contributed by atoms with E-state index in [4.69, 9.17) is 10.5 Å². The third-order valence-corrected chi connectivity index (χ3v) is 2.66. The first-order chi connectivity index (χ1) is 8.17. The number of carbonyl (C=O) groups is 1. The van der Waals surface area contributed by atoms with Gasteiger partial charge in [-0.25, -0.2) is 0 Å². The fraction of sp³-hybridized carbons (Fsp3) is 0.167. The van der Waals surface area contributed by atoms with Gasteiger partial charge < -0.3 is 10.5 Å². The molecule has 0 aliphatic heterocycles. The number of aromatic nitrogens is 2. The largest absolute Gasteiger partial charge is 0.497 e. The van der Waals surface area contributed by atoms with Gasteiger partial charge in [0.05, 0.1) is 13.3 Å². The van der Waals surface area contributed by atoms with E-state index in [0.717, 1.165) is 17.4 Å². The average molecular weight is 231 g/mol. The van der Waals surface area contributed by atoms with Crippen molar-refractivity contribution >= 4 is 12.1 Å². The van der Waals surface area contributed by atoms with Crippen molar-refractivity contribution in [3.8, 4) is 16.9 Å². The number of nitrogens with zero attached hydrogens (tertiary/aromatic N) is 2. The highest BCUT2D eigenvalue weighted by Crippen LogP contribution is 2.29. The summed E-state index contributed by atoms with van der Waals surface area (Å²) in [5.41, 5.74) is 7.92. The first-order valence-corrected chi connectivity index (χ1v) is 5.08. The van der Waals surface area contributed by atoms with Crippen LogP contribution >= 0.6 is 0 Å². The van der Waals surface area contributed by atoms with Crippen LogP contribution in [0.15, 0.2) is 24.4 Å². The normalized spacial score (nSPS) is 10.2. The Hall–Kier alpha value is -2.30. The number of hydrogen-bond acceptors (Lipinski definition) is 4. The van der Waals surface area contributed by atoms with Gasteiger partial charge in [-0.1, -0.05) is 0 Å². The molecule has 0 spiro atoms. The maximum Gasteiger partial charge on any atom is 0.150 e. The second kappa shape index (κ2) is 4.29. The number of rotatable bonds is 3. The number of nitrogens with two attached hydrogens (primary N) is 1. The van der Waals surface area contributed by atoms with Gasteiger partial charge in [-0.15, -0.1) is 0 Å². The summed E-state index contributed by atoms with van der Waals surface area (Å²) >= 11 is 0. The molecule has 17 heavy (non-hydrogen) atoms. The number of ether oxygens (including phenoxy) is 1. The Morgan fingerprint density at radius 3 is 2.71 bits per heavy atom. The van der Waals surface area contributed by atoms with Gasteiger partial charge >= 0.3 is 0 Å². The van der Waals surface area contributed by atoms with E-state index < -0.39 is 0 Å². The van der Waals surface area contributed by atoms with Crippen LogP contribution in [0.1, 0.15) is 10.4 Å². The quantitative estimate of drug-likeness (QED) is 0.812. The third-order valence-electron chi connectivity index (χ3n) is 2.66. The van der Waals surface area contributed by atoms with Gasteiger partial charge in [0.1, 0.15) is 11.6 Å². The first-order valence-electron chi connectivity index (χ1n) is 5.08. The Balaban J connectivity index is 2.59. The van der Waals surface area contributed by atoms with Crippen molar-refractivity contribution in [3.63, 3.8) is 0 Å².